The van der Waals surface area contributed by atoms with Crippen LogP contribution in [0.15, 0.2) is 18.2 Å². The number of hydrogen-bond donors (Lipinski definition) is 2. The van der Waals surface area contributed by atoms with Crippen molar-refractivity contribution in [3.05, 3.63) is 23.8 Å². The van der Waals surface area contributed by atoms with Crippen molar-refractivity contribution < 1.29 is 19.3 Å². The van der Waals surface area contributed by atoms with Crippen molar-refractivity contribution in [2.24, 2.45) is 0 Å². The van der Waals surface area contributed by atoms with Gasteiger partial charge in [0.15, 0.2) is 17.3 Å². The van der Waals surface area contributed by atoms with E-state index in [1.54, 1.807) is 6.07 Å². The van der Waals surface area contributed by atoms with Gasteiger partial charge in [0.2, 0.25) is 0 Å². The predicted octanol–water partition coefficient (Wildman–Crippen LogP) is 2.03. The maximum atomic E-state index is 9.64. The molecule has 1 aliphatic rings. The average Bonchev–Trinajstić information content (AvgIpc) is 2.73. The van der Waals surface area contributed by atoms with Crippen LogP contribution in [0.5, 0.6) is 11.5 Å². The summed E-state index contributed by atoms with van der Waals surface area (Å²) in [6.07, 6.45) is 0.0773. The molecule has 2 N–H and O–H groups in total. The van der Waals surface area contributed by atoms with Crippen LogP contribution in [0.25, 0.3) is 0 Å². The van der Waals surface area contributed by atoms with Gasteiger partial charge in [-0.25, -0.2) is 0 Å². The Morgan fingerprint density at radius 1 is 1.45 bits per heavy atom. The fourth-order valence-corrected chi connectivity index (χ4v) is 2.18. The van der Waals surface area contributed by atoms with Crippen LogP contribution in [-0.2, 0) is 16.0 Å². The number of phenolic OH excluding ortho intramolecular Hbond substituents is 1. The summed E-state index contributed by atoms with van der Waals surface area (Å²) in [7, 11) is 0. The van der Waals surface area contributed by atoms with Crippen molar-refractivity contribution >= 4 is 0 Å². The molecule has 1 heterocycles. The topological polar surface area (TPSA) is 60.0 Å². The maximum absolute atomic E-state index is 9.64. The van der Waals surface area contributed by atoms with Crippen molar-refractivity contribution in [3.63, 3.8) is 0 Å². The highest BCUT2D eigenvalue weighted by molar-refractivity contribution is 5.41. The van der Waals surface area contributed by atoms with Gasteiger partial charge in [-0.3, -0.25) is 0 Å². The van der Waals surface area contributed by atoms with E-state index in [2.05, 4.69) is 5.32 Å². The summed E-state index contributed by atoms with van der Waals surface area (Å²) < 4.78 is 16.6. The van der Waals surface area contributed by atoms with Crippen molar-refractivity contribution in [1.29, 1.82) is 0 Å². The molecular formula is C15H23NO4. The highest BCUT2D eigenvalue weighted by Crippen LogP contribution is 2.27. The van der Waals surface area contributed by atoms with Gasteiger partial charge in [0.25, 0.3) is 0 Å². The lowest BCUT2D eigenvalue weighted by molar-refractivity contribution is -0.137. The molecule has 0 aromatic heterocycles. The third-order valence-corrected chi connectivity index (χ3v) is 3.09. The quantitative estimate of drug-likeness (QED) is 0.835. The molecule has 1 aliphatic heterocycles. The molecule has 2 rings (SSSR count). The third-order valence-electron chi connectivity index (χ3n) is 3.09. The average molecular weight is 281 g/mol. The zero-order valence-electron chi connectivity index (χ0n) is 12.3. The van der Waals surface area contributed by atoms with E-state index in [1.165, 1.54) is 0 Å². The minimum Gasteiger partial charge on any atom is -0.504 e. The molecule has 1 aromatic carbocycles. The first-order valence-corrected chi connectivity index (χ1v) is 6.97. The van der Waals surface area contributed by atoms with Crippen LogP contribution in [-0.4, -0.2) is 36.8 Å². The van der Waals surface area contributed by atoms with Gasteiger partial charge in [-0.2, -0.15) is 0 Å². The second-order valence-electron chi connectivity index (χ2n) is 5.32. The third kappa shape index (κ3) is 4.10. The van der Waals surface area contributed by atoms with Gasteiger partial charge in [-0.15, -0.1) is 0 Å². The first kappa shape index (κ1) is 15.1. The smallest absolute Gasteiger partial charge is 0.163 e. The van der Waals surface area contributed by atoms with Crippen LogP contribution in [0.3, 0.4) is 0 Å². The molecule has 5 nitrogen and oxygen atoms in total. The van der Waals surface area contributed by atoms with Gasteiger partial charge < -0.3 is 24.6 Å². The highest BCUT2D eigenvalue weighted by atomic mass is 16.7. The van der Waals surface area contributed by atoms with E-state index in [9.17, 15) is 5.11 Å². The SMILES string of the molecule is CCOc1cc(CNCC2COC(C)(C)O2)ccc1O. The highest BCUT2D eigenvalue weighted by Gasteiger charge is 2.32. The number of rotatable bonds is 6. The van der Waals surface area contributed by atoms with Crippen LogP contribution in [0.2, 0.25) is 0 Å². The number of aromatic hydroxyl groups is 1. The molecule has 0 spiro atoms. The van der Waals surface area contributed by atoms with Gasteiger partial charge in [0.1, 0.15) is 0 Å². The summed E-state index contributed by atoms with van der Waals surface area (Å²) in [4.78, 5) is 0. The Morgan fingerprint density at radius 2 is 2.25 bits per heavy atom. The lowest BCUT2D eigenvalue weighted by Crippen LogP contribution is -2.30. The van der Waals surface area contributed by atoms with Gasteiger partial charge in [0, 0.05) is 13.1 Å². The molecule has 0 bridgehead atoms. The minimum atomic E-state index is -0.479. The molecule has 1 aromatic rings. The summed E-state index contributed by atoms with van der Waals surface area (Å²) in [5, 5.41) is 13.0. The second-order valence-corrected chi connectivity index (χ2v) is 5.32. The number of hydrogen-bond acceptors (Lipinski definition) is 5. The van der Waals surface area contributed by atoms with E-state index in [-0.39, 0.29) is 11.9 Å². The van der Waals surface area contributed by atoms with E-state index in [0.717, 1.165) is 12.1 Å². The summed E-state index contributed by atoms with van der Waals surface area (Å²) in [6.45, 7) is 8.30. The fraction of sp³-hybridized carbons (Fsp3) is 0.600. The van der Waals surface area contributed by atoms with Gasteiger partial charge in [-0.1, -0.05) is 6.07 Å². The summed E-state index contributed by atoms with van der Waals surface area (Å²) >= 11 is 0. The molecule has 0 saturated carbocycles. The fourth-order valence-electron chi connectivity index (χ4n) is 2.18. The Kier molecular flexibility index (Phi) is 4.86. The normalized spacial score (nSPS) is 21.1. The van der Waals surface area contributed by atoms with Crippen molar-refractivity contribution in [3.8, 4) is 11.5 Å². The van der Waals surface area contributed by atoms with E-state index in [1.807, 2.05) is 32.9 Å². The van der Waals surface area contributed by atoms with Gasteiger partial charge >= 0.3 is 0 Å². The number of phenols is 1. The molecule has 1 unspecified atom stereocenters. The minimum absolute atomic E-state index is 0.0773. The molecule has 1 atom stereocenters. The molecule has 112 valence electrons. The van der Waals surface area contributed by atoms with Gasteiger partial charge in [-0.05, 0) is 38.5 Å². The molecule has 0 amide bonds. The van der Waals surface area contributed by atoms with Crippen molar-refractivity contribution in [1.82, 2.24) is 5.32 Å². The number of nitrogens with one attached hydrogen (secondary N) is 1. The van der Waals surface area contributed by atoms with Gasteiger partial charge in [0.05, 0.1) is 19.3 Å². The zero-order chi connectivity index (χ0) is 14.6. The molecule has 0 aliphatic carbocycles. The number of benzene rings is 1. The Hall–Kier alpha value is -1.30. The van der Waals surface area contributed by atoms with Crippen LogP contribution in [0, 0.1) is 0 Å². The Balaban J connectivity index is 1.81. The second kappa shape index (κ2) is 6.43. The molecule has 5 heteroatoms. The van der Waals surface area contributed by atoms with Crippen molar-refractivity contribution in [2.45, 2.75) is 39.2 Å². The molecule has 1 saturated heterocycles. The molecule has 0 radical (unpaired) electrons. The Morgan fingerprint density at radius 3 is 2.90 bits per heavy atom. The summed E-state index contributed by atoms with van der Waals surface area (Å²) in [5.74, 6) is 0.214. The summed E-state index contributed by atoms with van der Waals surface area (Å²) in [6, 6.07) is 5.38. The monoisotopic (exact) mass is 281 g/mol. The molecular weight excluding hydrogens is 258 g/mol. The van der Waals surface area contributed by atoms with Crippen LogP contribution >= 0.6 is 0 Å². The first-order chi connectivity index (χ1) is 9.50. The Labute approximate surface area is 119 Å². The van der Waals surface area contributed by atoms with E-state index in [0.29, 0.717) is 25.5 Å². The standard InChI is InChI=1S/C15H23NO4/c1-4-18-14-7-11(5-6-13(14)17)8-16-9-12-10-19-15(2,3)20-12/h5-7,12,16-17H,4,8-10H2,1-3H3. The summed E-state index contributed by atoms with van der Waals surface area (Å²) in [5.41, 5.74) is 1.06. The predicted molar refractivity (Wildman–Crippen MR) is 75.9 cm³/mol. The first-order valence-electron chi connectivity index (χ1n) is 6.97. The lowest BCUT2D eigenvalue weighted by atomic mass is 10.2. The Bertz CT molecular complexity index is 447. The van der Waals surface area contributed by atoms with Crippen LogP contribution < -0.4 is 10.1 Å². The molecule has 1 fully saturated rings. The number of ether oxygens (including phenoxy) is 3. The van der Waals surface area contributed by atoms with E-state index < -0.39 is 5.79 Å². The van der Waals surface area contributed by atoms with Crippen LogP contribution in [0.1, 0.15) is 26.3 Å². The zero-order valence-corrected chi connectivity index (χ0v) is 12.3. The lowest BCUT2D eigenvalue weighted by Gasteiger charge is -2.17. The van der Waals surface area contributed by atoms with Crippen LogP contribution in [0.4, 0.5) is 0 Å². The maximum Gasteiger partial charge on any atom is 0.163 e. The van der Waals surface area contributed by atoms with Crippen molar-refractivity contribution in [2.75, 3.05) is 19.8 Å². The van der Waals surface area contributed by atoms with E-state index >= 15 is 0 Å². The largest absolute Gasteiger partial charge is 0.504 e. The molecule has 20 heavy (non-hydrogen) atoms. The van der Waals surface area contributed by atoms with E-state index in [4.69, 9.17) is 14.2 Å².